The van der Waals surface area contributed by atoms with Crippen LogP contribution in [-0.4, -0.2) is 62.5 Å². The van der Waals surface area contributed by atoms with Gasteiger partial charge in [0.15, 0.2) is 12.0 Å². The van der Waals surface area contributed by atoms with Crippen LogP contribution in [0.15, 0.2) is 45.5 Å². The number of hydrogen-bond acceptors (Lipinski definition) is 10. The summed E-state index contributed by atoms with van der Waals surface area (Å²) in [6.45, 7) is 6.34. The van der Waals surface area contributed by atoms with Gasteiger partial charge < -0.3 is 24.9 Å². The Labute approximate surface area is 160 Å². The lowest BCUT2D eigenvalue weighted by Gasteiger charge is -2.17. The van der Waals surface area contributed by atoms with Crippen LogP contribution in [0.25, 0.3) is 0 Å². The molecule has 0 unspecified atom stereocenters. The summed E-state index contributed by atoms with van der Waals surface area (Å²) in [6, 6.07) is 1.30. The van der Waals surface area contributed by atoms with Gasteiger partial charge in [-0.05, 0) is 26.6 Å². The topological polar surface area (TPSA) is 156 Å². The van der Waals surface area contributed by atoms with Crippen molar-refractivity contribution in [1.29, 1.82) is 0 Å². The van der Waals surface area contributed by atoms with E-state index in [1.807, 2.05) is 0 Å². The molecule has 4 N–H and O–H groups in total. The molecule has 1 aromatic rings. The van der Waals surface area contributed by atoms with Crippen LogP contribution in [0.2, 0.25) is 0 Å². The van der Waals surface area contributed by atoms with Crippen molar-refractivity contribution in [2.45, 2.75) is 38.4 Å². The van der Waals surface area contributed by atoms with Gasteiger partial charge in [-0.2, -0.15) is 10.5 Å². The van der Waals surface area contributed by atoms with E-state index >= 15 is 0 Å². The standard InChI is InChI=1S/C17H22N4O7/c1-4-9(2)7-10(18-3)16(25)28-20-12-5-6-21(17(26)19-12)15-14(24)13(23)11(8-22)27-15/h4-7,11,13-15,22-24H,3,8H2,1-2H3,(H,19,20,26)/b9-4-,10-7-/t11-,13-,14-,15-/m1/s1. The molecule has 28 heavy (non-hydrogen) atoms. The van der Waals surface area contributed by atoms with Gasteiger partial charge in [-0.25, -0.2) is 9.59 Å². The Hall–Kier alpha value is -2.86. The molecular weight excluding hydrogens is 372 g/mol. The summed E-state index contributed by atoms with van der Waals surface area (Å²) in [5.74, 6) is -0.904. The molecule has 0 amide bonds. The first-order chi connectivity index (χ1) is 13.3. The van der Waals surface area contributed by atoms with Crippen molar-refractivity contribution in [3.05, 3.63) is 46.2 Å². The zero-order valence-corrected chi connectivity index (χ0v) is 15.3. The highest BCUT2D eigenvalue weighted by molar-refractivity contribution is 5.89. The van der Waals surface area contributed by atoms with E-state index in [1.54, 1.807) is 19.9 Å². The van der Waals surface area contributed by atoms with E-state index in [1.165, 1.54) is 18.3 Å². The second-order valence-electron chi connectivity index (χ2n) is 5.94. The number of nitrogens with one attached hydrogen (secondary N) is 1. The molecule has 2 rings (SSSR count). The van der Waals surface area contributed by atoms with Gasteiger partial charge in [-0.3, -0.25) is 9.56 Å². The predicted molar refractivity (Wildman–Crippen MR) is 98.3 cm³/mol. The predicted octanol–water partition coefficient (Wildman–Crippen LogP) is -0.724. The van der Waals surface area contributed by atoms with Gasteiger partial charge in [0.2, 0.25) is 0 Å². The molecule has 1 aliphatic heterocycles. The molecule has 1 aliphatic rings. The Morgan fingerprint density at radius 1 is 1.50 bits per heavy atom. The molecule has 152 valence electrons. The van der Waals surface area contributed by atoms with E-state index in [9.17, 15) is 19.8 Å². The molecule has 0 aliphatic carbocycles. The zero-order chi connectivity index (χ0) is 20.8. The average Bonchev–Trinajstić information content (AvgIpc) is 2.98. The number of carbonyl (C=O) groups excluding carboxylic acids is 1. The van der Waals surface area contributed by atoms with E-state index in [4.69, 9.17) is 14.7 Å². The molecule has 1 fully saturated rings. The minimum absolute atomic E-state index is 0.0389. The third-order valence-corrected chi connectivity index (χ3v) is 4.07. The number of aliphatic imine (C=N–C) groups is 1. The fourth-order valence-corrected chi connectivity index (χ4v) is 2.39. The average molecular weight is 394 g/mol. The first kappa shape index (κ1) is 21.4. The Morgan fingerprint density at radius 2 is 2.21 bits per heavy atom. The summed E-state index contributed by atoms with van der Waals surface area (Å²) in [5.41, 5.74) is 2.14. The van der Waals surface area contributed by atoms with E-state index in [0.29, 0.717) is 0 Å². The van der Waals surface area contributed by atoms with Crippen molar-refractivity contribution in [2.75, 3.05) is 12.1 Å². The van der Waals surface area contributed by atoms with Gasteiger partial charge in [-0.15, -0.1) is 0 Å². The van der Waals surface area contributed by atoms with Crippen LogP contribution < -0.4 is 11.2 Å². The second kappa shape index (κ2) is 9.37. The number of ether oxygens (including phenoxy) is 1. The number of allylic oxidation sites excluding steroid dienone is 3. The Bertz CT molecular complexity index is 848. The molecule has 11 nitrogen and oxygen atoms in total. The van der Waals surface area contributed by atoms with Crippen LogP contribution in [0, 0.1) is 0 Å². The smallest absolute Gasteiger partial charge is 0.381 e. The maximum absolute atomic E-state index is 12.2. The van der Waals surface area contributed by atoms with Gasteiger partial charge in [-0.1, -0.05) is 11.6 Å². The van der Waals surface area contributed by atoms with Crippen molar-refractivity contribution >= 4 is 18.5 Å². The fraction of sp³-hybridized carbons (Fsp3) is 0.412. The number of aliphatic hydroxyl groups is 3. The van der Waals surface area contributed by atoms with Crippen molar-refractivity contribution in [3.8, 4) is 0 Å². The Kier molecular flexibility index (Phi) is 7.18. The lowest BCUT2D eigenvalue weighted by Crippen LogP contribution is -2.36. The largest absolute Gasteiger partial charge is 0.394 e. The number of nitrogens with zero attached hydrogens (tertiary/aromatic N) is 3. The number of aliphatic hydroxyl groups excluding tert-OH is 3. The van der Waals surface area contributed by atoms with E-state index < -0.39 is 42.8 Å². The minimum atomic E-state index is -1.42. The monoisotopic (exact) mass is 394 g/mol. The highest BCUT2D eigenvalue weighted by atomic mass is 16.7. The third-order valence-electron chi connectivity index (χ3n) is 4.07. The van der Waals surface area contributed by atoms with Crippen molar-refractivity contribution < 1.29 is 29.7 Å². The number of anilines is 1. The lowest BCUT2D eigenvalue weighted by molar-refractivity contribution is -0.136. The van der Waals surface area contributed by atoms with Gasteiger partial charge in [0.1, 0.15) is 24.0 Å². The molecule has 0 bridgehead atoms. The Morgan fingerprint density at radius 3 is 2.75 bits per heavy atom. The maximum atomic E-state index is 12.2. The molecule has 4 atom stereocenters. The van der Waals surface area contributed by atoms with Gasteiger partial charge in [0.25, 0.3) is 0 Å². The van der Waals surface area contributed by atoms with E-state index in [2.05, 4.69) is 22.2 Å². The summed E-state index contributed by atoms with van der Waals surface area (Å²) >= 11 is 0. The molecule has 1 aromatic heterocycles. The first-order valence-electron chi connectivity index (χ1n) is 8.32. The number of carbonyl (C=O) groups is 1. The molecule has 1 saturated heterocycles. The number of rotatable bonds is 7. The molecule has 0 aromatic carbocycles. The lowest BCUT2D eigenvalue weighted by atomic mass is 10.1. The van der Waals surface area contributed by atoms with Crippen LogP contribution in [-0.2, 0) is 14.4 Å². The molecule has 2 heterocycles. The summed E-state index contributed by atoms with van der Waals surface area (Å²) in [5, 5.41) is 28.9. The molecule has 0 radical (unpaired) electrons. The summed E-state index contributed by atoms with van der Waals surface area (Å²) in [7, 11) is 0. The second-order valence-corrected chi connectivity index (χ2v) is 5.94. The van der Waals surface area contributed by atoms with Crippen LogP contribution in [0.5, 0.6) is 0 Å². The number of hydrogen-bond donors (Lipinski definition) is 4. The van der Waals surface area contributed by atoms with E-state index in [0.717, 1.165) is 10.1 Å². The SMILES string of the molecule is C=N/C(=C\C(C)=C/C)C(=O)ONc1ccn([C@@H]2O[C@H](CO)[C@@H](O)[C@H]2O)c(=O)n1. The zero-order valence-electron chi connectivity index (χ0n) is 15.3. The van der Waals surface area contributed by atoms with Crippen LogP contribution in [0.3, 0.4) is 0 Å². The Balaban J connectivity index is 2.09. The summed E-state index contributed by atoms with van der Waals surface area (Å²) in [4.78, 5) is 36.3. The maximum Gasteiger partial charge on any atom is 0.381 e. The minimum Gasteiger partial charge on any atom is -0.394 e. The molecule has 0 saturated carbocycles. The van der Waals surface area contributed by atoms with Crippen LogP contribution in [0.4, 0.5) is 5.82 Å². The van der Waals surface area contributed by atoms with Crippen molar-refractivity contribution in [3.63, 3.8) is 0 Å². The van der Waals surface area contributed by atoms with Crippen molar-refractivity contribution in [2.24, 2.45) is 4.99 Å². The normalized spacial score (nSPS) is 25.5. The van der Waals surface area contributed by atoms with Gasteiger partial charge in [0, 0.05) is 12.3 Å². The van der Waals surface area contributed by atoms with Crippen molar-refractivity contribution in [1.82, 2.24) is 9.55 Å². The fourth-order valence-electron chi connectivity index (χ4n) is 2.39. The molecular formula is C17H22N4O7. The van der Waals surface area contributed by atoms with E-state index in [-0.39, 0.29) is 11.5 Å². The highest BCUT2D eigenvalue weighted by Gasteiger charge is 2.43. The highest BCUT2D eigenvalue weighted by Crippen LogP contribution is 2.28. The summed E-state index contributed by atoms with van der Waals surface area (Å²) < 4.78 is 6.22. The van der Waals surface area contributed by atoms with Gasteiger partial charge >= 0.3 is 11.7 Å². The molecule has 0 spiro atoms. The number of aromatic nitrogens is 2. The van der Waals surface area contributed by atoms with Crippen LogP contribution in [0.1, 0.15) is 20.1 Å². The molecule has 11 heteroatoms. The third kappa shape index (κ3) is 4.70. The summed E-state index contributed by atoms with van der Waals surface area (Å²) in [6.07, 6.45) is -0.532. The van der Waals surface area contributed by atoms with Gasteiger partial charge in [0.05, 0.1) is 6.61 Å². The van der Waals surface area contributed by atoms with Crippen LogP contribution >= 0.6 is 0 Å². The first-order valence-corrected chi connectivity index (χ1v) is 8.32. The quantitative estimate of drug-likeness (QED) is 0.203.